The van der Waals surface area contributed by atoms with Crippen molar-refractivity contribution in [3.8, 4) is 22.8 Å². The van der Waals surface area contributed by atoms with E-state index in [-0.39, 0.29) is 18.3 Å². The molecule has 10 nitrogen and oxygen atoms in total. The first-order valence-electron chi connectivity index (χ1n) is 13.0. The summed E-state index contributed by atoms with van der Waals surface area (Å²) in [7, 11) is 3.17. The zero-order chi connectivity index (χ0) is 30.5. The Bertz CT molecular complexity index is 1280. The smallest absolute Gasteiger partial charge is 0.426 e. The average molecular weight is 604 g/mol. The van der Waals surface area contributed by atoms with Crippen LogP contribution in [-0.4, -0.2) is 78.6 Å². The lowest BCUT2D eigenvalue weighted by molar-refractivity contribution is -0.926. The van der Waals surface area contributed by atoms with Gasteiger partial charge in [0, 0.05) is 32.0 Å². The second-order valence-corrected chi connectivity index (χ2v) is 9.36. The maximum absolute atomic E-state index is 13.1. The van der Waals surface area contributed by atoms with Crippen LogP contribution in [0.3, 0.4) is 0 Å². The molecule has 230 valence electrons. The molecule has 0 bridgehead atoms. The van der Waals surface area contributed by atoms with Gasteiger partial charge in [0.1, 0.15) is 36.9 Å². The highest BCUT2D eigenvalue weighted by Crippen LogP contribution is 2.37. The first-order chi connectivity index (χ1) is 20.0. The predicted octanol–water partition coefficient (Wildman–Crippen LogP) is 3.64. The average Bonchev–Trinajstić information content (AvgIpc) is 3.44. The third-order valence-corrected chi connectivity index (χ3v) is 6.56. The first kappa shape index (κ1) is 31.7. The summed E-state index contributed by atoms with van der Waals surface area (Å²) < 4.78 is 91.5. The molecule has 0 amide bonds. The Morgan fingerprint density at radius 3 is 2.19 bits per heavy atom. The summed E-state index contributed by atoms with van der Waals surface area (Å²) in [6.45, 7) is 4.75. The van der Waals surface area contributed by atoms with Crippen LogP contribution in [0, 0.1) is 0 Å². The van der Waals surface area contributed by atoms with Gasteiger partial charge >= 0.3 is 12.3 Å². The number of ether oxygens (including phenoxy) is 5. The number of methoxy groups -OCH3 is 2. The SMILES string of the molecule is CCO[C@@H]1C(OC)[C@H](C)O[C@@H](O[NH2+]Cc2ccc(-c3ncn(-c4ccc(OC(F)(F)C(F)(F)F)cc4)n3)cc2)[C@@H]1OC. The van der Waals surface area contributed by atoms with Crippen LogP contribution in [0.5, 0.6) is 5.75 Å². The molecule has 2 N–H and O–H groups in total. The minimum absolute atomic E-state index is 0.270. The molecule has 0 saturated carbocycles. The Labute approximate surface area is 238 Å². The zero-order valence-corrected chi connectivity index (χ0v) is 23.3. The number of halogens is 5. The quantitative estimate of drug-likeness (QED) is 0.247. The Morgan fingerprint density at radius 1 is 0.929 bits per heavy atom. The molecular formula is C27H32F5N4O6+. The predicted molar refractivity (Wildman–Crippen MR) is 136 cm³/mol. The van der Waals surface area contributed by atoms with Crippen molar-refractivity contribution in [1.82, 2.24) is 14.8 Å². The number of nitrogens with zero attached hydrogens (tertiary/aromatic N) is 3. The zero-order valence-electron chi connectivity index (χ0n) is 23.3. The van der Waals surface area contributed by atoms with Gasteiger partial charge in [-0.05, 0) is 38.1 Å². The van der Waals surface area contributed by atoms with Crippen LogP contribution in [0.15, 0.2) is 54.9 Å². The molecule has 1 unspecified atom stereocenters. The fourth-order valence-electron chi connectivity index (χ4n) is 4.46. The highest BCUT2D eigenvalue weighted by atomic mass is 19.4. The molecule has 1 aromatic heterocycles. The molecule has 3 aromatic rings. The van der Waals surface area contributed by atoms with Crippen molar-refractivity contribution in [2.45, 2.75) is 63.4 Å². The van der Waals surface area contributed by atoms with Crippen LogP contribution in [0.2, 0.25) is 0 Å². The highest BCUT2D eigenvalue weighted by molar-refractivity contribution is 5.55. The third kappa shape index (κ3) is 7.22. The molecule has 0 radical (unpaired) electrons. The van der Waals surface area contributed by atoms with Crippen molar-refractivity contribution in [2.75, 3.05) is 20.8 Å². The van der Waals surface area contributed by atoms with E-state index in [4.69, 9.17) is 23.8 Å². The molecule has 0 aliphatic carbocycles. The van der Waals surface area contributed by atoms with Gasteiger partial charge in [-0.2, -0.15) is 32.3 Å². The van der Waals surface area contributed by atoms with E-state index in [1.807, 2.05) is 38.1 Å². The van der Waals surface area contributed by atoms with E-state index in [0.717, 1.165) is 17.7 Å². The number of alkyl halides is 5. The largest absolute Gasteiger partial charge is 0.499 e. The van der Waals surface area contributed by atoms with Gasteiger partial charge in [0.25, 0.3) is 0 Å². The summed E-state index contributed by atoms with van der Waals surface area (Å²) in [6.07, 6.45) is -11.8. The van der Waals surface area contributed by atoms with Gasteiger partial charge < -0.3 is 23.7 Å². The van der Waals surface area contributed by atoms with Gasteiger partial charge in [-0.15, -0.1) is 5.10 Å². The third-order valence-electron chi connectivity index (χ3n) is 6.56. The first-order valence-corrected chi connectivity index (χ1v) is 13.0. The van der Waals surface area contributed by atoms with E-state index >= 15 is 0 Å². The van der Waals surface area contributed by atoms with E-state index in [1.165, 1.54) is 23.1 Å². The normalized spacial score (nSPS) is 23.2. The fourth-order valence-corrected chi connectivity index (χ4v) is 4.46. The molecule has 2 heterocycles. The van der Waals surface area contributed by atoms with E-state index in [9.17, 15) is 22.0 Å². The molecule has 5 atom stereocenters. The summed E-state index contributed by atoms with van der Waals surface area (Å²) in [5.74, 6) is -0.263. The second-order valence-electron chi connectivity index (χ2n) is 9.36. The molecule has 42 heavy (non-hydrogen) atoms. The van der Waals surface area contributed by atoms with Crippen LogP contribution >= 0.6 is 0 Å². The minimum Gasteiger partial charge on any atom is -0.426 e. The number of hydroxylamine groups is 1. The lowest BCUT2D eigenvalue weighted by atomic mass is 9.99. The van der Waals surface area contributed by atoms with Crippen molar-refractivity contribution in [2.24, 2.45) is 0 Å². The summed E-state index contributed by atoms with van der Waals surface area (Å²) in [5, 5.41) is 4.36. The molecule has 1 aliphatic heterocycles. The van der Waals surface area contributed by atoms with Crippen LogP contribution < -0.4 is 10.2 Å². The summed E-state index contributed by atoms with van der Waals surface area (Å²) in [5.41, 5.74) is 3.67. The van der Waals surface area contributed by atoms with Gasteiger partial charge in [0.2, 0.25) is 6.29 Å². The van der Waals surface area contributed by atoms with Crippen molar-refractivity contribution in [1.29, 1.82) is 0 Å². The van der Waals surface area contributed by atoms with Gasteiger partial charge in [-0.1, -0.05) is 24.3 Å². The van der Waals surface area contributed by atoms with Crippen LogP contribution in [0.4, 0.5) is 22.0 Å². The maximum atomic E-state index is 13.1. The van der Waals surface area contributed by atoms with Gasteiger partial charge in [0.05, 0.1) is 11.8 Å². The summed E-state index contributed by atoms with van der Waals surface area (Å²) in [4.78, 5) is 10.2. The van der Waals surface area contributed by atoms with E-state index < -0.39 is 30.4 Å². The maximum Gasteiger partial charge on any atom is 0.499 e. The van der Waals surface area contributed by atoms with Crippen LogP contribution in [0.1, 0.15) is 19.4 Å². The van der Waals surface area contributed by atoms with Gasteiger partial charge in [-0.3, -0.25) is 0 Å². The lowest BCUT2D eigenvalue weighted by Crippen LogP contribution is -2.84. The van der Waals surface area contributed by atoms with Gasteiger partial charge in [-0.25, -0.2) is 9.67 Å². The van der Waals surface area contributed by atoms with Crippen LogP contribution in [-0.2, 0) is 30.3 Å². The summed E-state index contributed by atoms with van der Waals surface area (Å²) >= 11 is 0. The summed E-state index contributed by atoms with van der Waals surface area (Å²) in [6, 6.07) is 12.0. The number of benzene rings is 2. The van der Waals surface area contributed by atoms with E-state index in [1.54, 1.807) is 19.7 Å². The minimum atomic E-state index is -5.83. The van der Waals surface area contributed by atoms with Crippen molar-refractivity contribution < 1.29 is 56.0 Å². The Morgan fingerprint density at radius 2 is 1.60 bits per heavy atom. The molecule has 2 aromatic carbocycles. The molecular weight excluding hydrogens is 571 g/mol. The van der Waals surface area contributed by atoms with Crippen molar-refractivity contribution in [3.63, 3.8) is 0 Å². The molecule has 15 heteroatoms. The topological polar surface area (TPSA) is 103 Å². The fraction of sp³-hybridized carbons (Fsp3) is 0.481. The molecule has 0 spiro atoms. The number of hydrogen-bond acceptors (Lipinski definition) is 8. The number of hydrogen-bond donors (Lipinski definition) is 1. The Kier molecular flexibility index (Phi) is 10.1. The molecule has 1 fully saturated rings. The number of aromatic nitrogens is 3. The number of quaternary nitrogens is 1. The molecule has 4 rings (SSSR count). The molecule has 1 saturated heterocycles. The van der Waals surface area contributed by atoms with Crippen molar-refractivity contribution >= 4 is 0 Å². The highest BCUT2D eigenvalue weighted by Gasteiger charge is 2.61. The lowest BCUT2D eigenvalue weighted by Gasteiger charge is -2.42. The van der Waals surface area contributed by atoms with E-state index in [2.05, 4.69) is 14.8 Å². The Balaban J connectivity index is 1.33. The van der Waals surface area contributed by atoms with Gasteiger partial charge in [0.15, 0.2) is 5.82 Å². The monoisotopic (exact) mass is 603 g/mol. The number of rotatable bonds is 12. The van der Waals surface area contributed by atoms with Crippen molar-refractivity contribution in [3.05, 3.63) is 60.4 Å². The van der Waals surface area contributed by atoms with E-state index in [0.29, 0.717) is 30.2 Å². The standard InChI is InChI=1S/C27H31F5N4O6/c1-5-39-22-21(37-3)16(2)40-25(23(22)38-4)42-34-14-17-6-8-18(9-7-17)24-33-15-36(35-24)19-10-12-20(13-11-19)41-27(31,32)26(28,29)30/h6-13,15-16,21-23,25,34H,5,14H2,1-4H3/p+1/t16-,21?,22+,23+,25-/m0/s1. The number of nitrogens with two attached hydrogens (primary N) is 1. The Hall–Kier alpha value is -3.21. The second kappa shape index (κ2) is 13.4. The molecule has 1 aliphatic rings. The van der Waals surface area contributed by atoms with Crippen LogP contribution in [0.25, 0.3) is 17.1 Å².